The number of pyridine rings is 1. The molecule has 0 aliphatic heterocycles. The Morgan fingerprint density at radius 2 is 2.09 bits per heavy atom. The van der Waals surface area contributed by atoms with Crippen molar-refractivity contribution in [1.82, 2.24) is 15.6 Å². The third-order valence-corrected chi connectivity index (χ3v) is 3.02. The maximum Gasteiger partial charge on any atom is 0.252 e. The number of hydrogen-bond donors (Lipinski definition) is 2. The fourth-order valence-electron chi connectivity index (χ4n) is 1.82. The number of halogens is 1. The third kappa shape index (κ3) is 4.37. The predicted molar refractivity (Wildman–Crippen MR) is 79.4 cm³/mol. The number of aromatic nitrogens is 1. The first kappa shape index (κ1) is 15.6. The van der Waals surface area contributed by atoms with E-state index in [9.17, 15) is 14.0 Å². The molecule has 1 atom stereocenters. The van der Waals surface area contributed by atoms with E-state index < -0.39 is 17.8 Å². The van der Waals surface area contributed by atoms with Crippen molar-refractivity contribution >= 4 is 11.8 Å². The molecule has 2 aromatic rings. The highest BCUT2D eigenvalue weighted by Crippen LogP contribution is 2.03. The van der Waals surface area contributed by atoms with Gasteiger partial charge < -0.3 is 10.6 Å². The molecule has 0 fully saturated rings. The van der Waals surface area contributed by atoms with Gasteiger partial charge in [0.15, 0.2) is 0 Å². The van der Waals surface area contributed by atoms with E-state index >= 15 is 0 Å². The summed E-state index contributed by atoms with van der Waals surface area (Å²) >= 11 is 0. The summed E-state index contributed by atoms with van der Waals surface area (Å²) in [5.41, 5.74) is 1.03. The van der Waals surface area contributed by atoms with E-state index in [2.05, 4.69) is 15.6 Å². The summed E-state index contributed by atoms with van der Waals surface area (Å²) in [6, 6.07) is 8.18. The molecule has 114 valence electrons. The second kappa shape index (κ2) is 7.31. The van der Waals surface area contributed by atoms with Crippen LogP contribution < -0.4 is 10.6 Å². The first-order chi connectivity index (χ1) is 10.6. The molecule has 6 heteroatoms. The van der Waals surface area contributed by atoms with Crippen LogP contribution in [0.3, 0.4) is 0 Å². The molecule has 22 heavy (non-hydrogen) atoms. The molecular weight excluding hydrogens is 285 g/mol. The van der Waals surface area contributed by atoms with E-state index in [1.165, 1.54) is 18.2 Å². The molecule has 5 nitrogen and oxygen atoms in total. The molecule has 1 heterocycles. The predicted octanol–water partition coefficient (Wildman–Crippen LogP) is 1.66. The van der Waals surface area contributed by atoms with Gasteiger partial charge >= 0.3 is 0 Å². The molecule has 2 rings (SSSR count). The summed E-state index contributed by atoms with van der Waals surface area (Å²) in [4.78, 5) is 27.8. The number of nitrogens with one attached hydrogen (secondary N) is 2. The van der Waals surface area contributed by atoms with E-state index in [-0.39, 0.29) is 11.5 Å². The Bertz CT molecular complexity index is 661. The maximum atomic E-state index is 13.1. The van der Waals surface area contributed by atoms with Crippen molar-refractivity contribution in [3.8, 4) is 0 Å². The Balaban J connectivity index is 1.87. The van der Waals surface area contributed by atoms with E-state index in [1.54, 1.807) is 25.4 Å². The molecule has 0 radical (unpaired) electrons. The van der Waals surface area contributed by atoms with Gasteiger partial charge in [-0.1, -0.05) is 12.1 Å². The van der Waals surface area contributed by atoms with Crippen LogP contribution in [0.1, 0.15) is 22.8 Å². The fourth-order valence-corrected chi connectivity index (χ4v) is 1.82. The van der Waals surface area contributed by atoms with Crippen molar-refractivity contribution in [3.63, 3.8) is 0 Å². The number of rotatable bonds is 5. The molecule has 0 aliphatic rings. The Hall–Kier alpha value is -2.76. The lowest BCUT2D eigenvalue weighted by molar-refractivity contribution is -0.122. The highest BCUT2D eigenvalue weighted by atomic mass is 19.1. The highest BCUT2D eigenvalue weighted by molar-refractivity contribution is 5.97. The lowest BCUT2D eigenvalue weighted by atomic mass is 10.2. The smallest absolute Gasteiger partial charge is 0.252 e. The third-order valence-electron chi connectivity index (χ3n) is 3.02. The number of hydrogen-bond acceptors (Lipinski definition) is 3. The van der Waals surface area contributed by atoms with Gasteiger partial charge in [0.25, 0.3) is 5.91 Å². The van der Waals surface area contributed by atoms with Gasteiger partial charge in [-0.25, -0.2) is 4.39 Å². The van der Waals surface area contributed by atoms with Crippen LogP contribution in [0.5, 0.6) is 0 Å². The number of nitrogens with zero attached hydrogens (tertiary/aromatic N) is 1. The average Bonchev–Trinajstić information content (AvgIpc) is 2.53. The quantitative estimate of drug-likeness (QED) is 0.882. The van der Waals surface area contributed by atoms with Gasteiger partial charge in [-0.3, -0.25) is 14.6 Å². The zero-order chi connectivity index (χ0) is 15.9. The number of carbonyl (C=O) groups is 2. The molecule has 1 aromatic carbocycles. The lowest BCUT2D eigenvalue weighted by Crippen LogP contribution is -2.44. The number of benzene rings is 1. The average molecular weight is 301 g/mol. The van der Waals surface area contributed by atoms with Crippen molar-refractivity contribution in [2.45, 2.75) is 19.5 Å². The van der Waals surface area contributed by atoms with E-state index in [0.29, 0.717) is 6.54 Å². The van der Waals surface area contributed by atoms with Crippen LogP contribution in [0.2, 0.25) is 0 Å². The number of carbonyl (C=O) groups excluding carboxylic acids is 2. The minimum absolute atomic E-state index is 0.173. The molecular formula is C16H16FN3O2. The SMILES string of the molecule is C[C@H](NC(=O)c1cccc(F)c1)C(=O)NCc1cccnc1. The minimum Gasteiger partial charge on any atom is -0.350 e. The van der Waals surface area contributed by atoms with Crippen molar-refractivity contribution in [3.05, 3.63) is 65.7 Å². The summed E-state index contributed by atoms with van der Waals surface area (Å²) in [6.07, 6.45) is 3.30. The molecule has 0 saturated heterocycles. The highest BCUT2D eigenvalue weighted by Gasteiger charge is 2.16. The molecule has 2 N–H and O–H groups in total. The Labute approximate surface area is 127 Å². The normalized spacial score (nSPS) is 11.5. The summed E-state index contributed by atoms with van der Waals surface area (Å²) in [5.74, 6) is -1.32. The lowest BCUT2D eigenvalue weighted by Gasteiger charge is -2.14. The van der Waals surface area contributed by atoms with Gasteiger partial charge in [-0.2, -0.15) is 0 Å². The van der Waals surface area contributed by atoms with Gasteiger partial charge in [0.05, 0.1) is 0 Å². The number of amides is 2. The van der Waals surface area contributed by atoms with Gasteiger partial charge in [-0.05, 0) is 36.8 Å². The van der Waals surface area contributed by atoms with Gasteiger partial charge in [0.2, 0.25) is 5.91 Å². The van der Waals surface area contributed by atoms with Crippen molar-refractivity contribution in [1.29, 1.82) is 0 Å². The van der Waals surface area contributed by atoms with Crippen LogP contribution in [0.15, 0.2) is 48.8 Å². The Morgan fingerprint density at radius 3 is 2.77 bits per heavy atom. The maximum absolute atomic E-state index is 13.1. The molecule has 2 amide bonds. The van der Waals surface area contributed by atoms with Crippen LogP contribution >= 0.6 is 0 Å². The van der Waals surface area contributed by atoms with Crippen molar-refractivity contribution in [2.75, 3.05) is 0 Å². The first-order valence-corrected chi connectivity index (χ1v) is 6.79. The standard InChI is InChI=1S/C16H16FN3O2/c1-11(15(21)19-10-12-4-3-7-18-9-12)20-16(22)13-5-2-6-14(17)8-13/h2-9,11H,10H2,1H3,(H,19,21)(H,20,22)/t11-/m0/s1. The van der Waals surface area contributed by atoms with Crippen LogP contribution in [0, 0.1) is 5.82 Å². The molecule has 0 saturated carbocycles. The molecule has 1 aromatic heterocycles. The summed E-state index contributed by atoms with van der Waals surface area (Å²) in [6.45, 7) is 1.89. The molecule has 0 spiro atoms. The fraction of sp³-hybridized carbons (Fsp3) is 0.188. The zero-order valence-corrected chi connectivity index (χ0v) is 12.0. The minimum atomic E-state index is -0.729. The summed E-state index contributed by atoms with van der Waals surface area (Å²) in [5, 5.41) is 5.23. The van der Waals surface area contributed by atoms with E-state index in [0.717, 1.165) is 11.6 Å². The van der Waals surface area contributed by atoms with Crippen LogP contribution in [0.25, 0.3) is 0 Å². The topological polar surface area (TPSA) is 71.1 Å². The first-order valence-electron chi connectivity index (χ1n) is 6.79. The van der Waals surface area contributed by atoms with Crippen LogP contribution in [-0.2, 0) is 11.3 Å². The molecule has 0 unspecified atom stereocenters. The van der Waals surface area contributed by atoms with Crippen LogP contribution in [-0.4, -0.2) is 22.8 Å². The van der Waals surface area contributed by atoms with Crippen molar-refractivity contribution in [2.24, 2.45) is 0 Å². The molecule has 0 aliphatic carbocycles. The zero-order valence-electron chi connectivity index (χ0n) is 12.0. The monoisotopic (exact) mass is 301 g/mol. The second-order valence-corrected chi connectivity index (χ2v) is 4.78. The van der Waals surface area contributed by atoms with Crippen molar-refractivity contribution < 1.29 is 14.0 Å². The Kier molecular flexibility index (Phi) is 5.19. The van der Waals surface area contributed by atoms with E-state index in [1.807, 2.05) is 6.07 Å². The molecule has 0 bridgehead atoms. The largest absolute Gasteiger partial charge is 0.350 e. The van der Waals surface area contributed by atoms with Gasteiger partial charge in [0, 0.05) is 24.5 Å². The summed E-state index contributed by atoms with van der Waals surface area (Å²) in [7, 11) is 0. The van der Waals surface area contributed by atoms with E-state index in [4.69, 9.17) is 0 Å². The second-order valence-electron chi connectivity index (χ2n) is 4.78. The van der Waals surface area contributed by atoms with Crippen LogP contribution in [0.4, 0.5) is 4.39 Å². The Morgan fingerprint density at radius 1 is 1.27 bits per heavy atom. The van der Waals surface area contributed by atoms with Gasteiger partial charge in [0.1, 0.15) is 11.9 Å². The summed E-state index contributed by atoms with van der Waals surface area (Å²) < 4.78 is 13.1. The van der Waals surface area contributed by atoms with Gasteiger partial charge in [-0.15, -0.1) is 0 Å².